The topological polar surface area (TPSA) is 92.9 Å². The number of benzene rings is 3. The smallest absolute Gasteiger partial charge is 0.416 e. The molecule has 0 spiro atoms. The molecule has 42 heavy (non-hydrogen) atoms. The summed E-state index contributed by atoms with van der Waals surface area (Å²) in [4.78, 5) is 27.6. The van der Waals surface area contributed by atoms with Gasteiger partial charge < -0.3 is 19.4 Å². The first-order valence-electron chi connectivity index (χ1n) is 13.4. The van der Waals surface area contributed by atoms with E-state index in [1.54, 1.807) is 18.3 Å². The molecule has 3 aromatic heterocycles. The monoisotopic (exact) mass is 566 g/mol. The Morgan fingerprint density at radius 3 is 2.57 bits per heavy atom. The van der Waals surface area contributed by atoms with Crippen LogP contribution in [0.2, 0.25) is 0 Å². The lowest BCUT2D eigenvalue weighted by Gasteiger charge is -2.12. The number of nitrogens with zero attached hydrogens (tertiary/aromatic N) is 2. The number of alkyl halides is 3. The van der Waals surface area contributed by atoms with E-state index in [9.17, 15) is 18.0 Å². The van der Waals surface area contributed by atoms with E-state index < -0.39 is 11.7 Å². The van der Waals surface area contributed by atoms with Gasteiger partial charge in [-0.3, -0.25) is 4.79 Å². The van der Waals surface area contributed by atoms with Gasteiger partial charge in [-0.25, -0.2) is 9.97 Å². The lowest BCUT2D eigenvalue weighted by atomic mass is 10.0. The highest BCUT2D eigenvalue weighted by Crippen LogP contribution is 2.63. The Balaban J connectivity index is 1.10. The van der Waals surface area contributed by atoms with Gasteiger partial charge in [-0.1, -0.05) is 29.8 Å². The van der Waals surface area contributed by atoms with Gasteiger partial charge in [0, 0.05) is 23.2 Å². The Morgan fingerprint density at radius 2 is 1.76 bits per heavy atom. The lowest BCUT2D eigenvalue weighted by Crippen LogP contribution is -2.09. The molecule has 1 aliphatic heterocycles. The van der Waals surface area contributed by atoms with Crippen LogP contribution >= 0.6 is 0 Å². The minimum Gasteiger partial charge on any atom is -0.489 e. The zero-order valence-electron chi connectivity index (χ0n) is 22.0. The SMILES string of the molecule is Cc1ccc(-c2cc3c(Oc4ccc5c(c4)[C@H]4[C@@H](O5)[C@@H]4c4nc5ccc(C(F)(F)F)cc5[nH]4)ccnc3[nH]c2=O)cc1. The number of imidazole rings is 1. The van der Waals surface area contributed by atoms with Crippen molar-refractivity contribution in [3.05, 3.63) is 112 Å². The fourth-order valence-electron chi connectivity index (χ4n) is 5.84. The van der Waals surface area contributed by atoms with Crippen LogP contribution in [-0.4, -0.2) is 26.0 Å². The largest absolute Gasteiger partial charge is 0.489 e. The molecule has 0 radical (unpaired) electrons. The minimum atomic E-state index is -4.42. The fourth-order valence-corrected chi connectivity index (χ4v) is 5.84. The zero-order valence-corrected chi connectivity index (χ0v) is 22.0. The number of hydrogen-bond donors (Lipinski definition) is 2. The molecule has 3 aromatic carbocycles. The van der Waals surface area contributed by atoms with Crippen molar-refractivity contribution in [1.82, 2.24) is 19.9 Å². The maximum atomic E-state index is 13.2. The minimum absolute atomic E-state index is 0.00452. The number of H-pyrrole nitrogens is 2. The average molecular weight is 567 g/mol. The molecule has 1 aliphatic carbocycles. The molecular weight excluding hydrogens is 545 g/mol. The highest BCUT2D eigenvalue weighted by molar-refractivity contribution is 5.86. The number of aryl methyl sites for hydroxylation is 1. The number of ether oxygens (including phenoxy) is 2. The van der Waals surface area contributed by atoms with Crippen molar-refractivity contribution in [3.63, 3.8) is 0 Å². The molecule has 4 heterocycles. The van der Waals surface area contributed by atoms with Crippen LogP contribution in [0.4, 0.5) is 13.2 Å². The van der Waals surface area contributed by atoms with Crippen LogP contribution in [0.1, 0.15) is 34.4 Å². The molecule has 10 heteroatoms. The Morgan fingerprint density at radius 1 is 0.929 bits per heavy atom. The van der Waals surface area contributed by atoms with Gasteiger partial charge in [0.2, 0.25) is 0 Å². The van der Waals surface area contributed by atoms with Crippen LogP contribution in [0, 0.1) is 6.92 Å². The summed E-state index contributed by atoms with van der Waals surface area (Å²) in [6.07, 6.45) is -3.00. The first-order valence-corrected chi connectivity index (χ1v) is 13.4. The molecule has 0 bridgehead atoms. The summed E-state index contributed by atoms with van der Waals surface area (Å²) < 4.78 is 52.0. The number of aromatic amines is 2. The second-order valence-electron chi connectivity index (χ2n) is 10.7. The first-order chi connectivity index (χ1) is 20.2. The number of rotatable bonds is 4. The van der Waals surface area contributed by atoms with Gasteiger partial charge >= 0.3 is 6.18 Å². The van der Waals surface area contributed by atoms with Crippen molar-refractivity contribution in [2.24, 2.45) is 0 Å². The number of hydrogen-bond acceptors (Lipinski definition) is 5. The average Bonchev–Trinajstić information content (AvgIpc) is 3.30. The van der Waals surface area contributed by atoms with E-state index in [0.29, 0.717) is 45.0 Å². The Kier molecular flexibility index (Phi) is 5.10. The Hall–Kier alpha value is -5.12. The number of nitrogens with one attached hydrogen (secondary N) is 2. The fraction of sp³-hybridized carbons (Fsp3) is 0.156. The van der Waals surface area contributed by atoms with E-state index in [1.807, 2.05) is 49.4 Å². The summed E-state index contributed by atoms with van der Waals surface area (Å²) >= 11 is 0. The van der Waals surface area contributed by atoms with Gasteiger partial charge in [0.15, 0.2) is 0 Å². The molecule has 208 valence electrons. The maximum absolute atomic E-state index is 13.2. The number of aromatic nitrogens is 4. The van der Waals surface area contributed by atoms with Gasteiger partial charge in [0.05, 0.1) is 27.9 Å². The van der Waals surface area contributed by atoms with Gasteiger partial charge in [-0.2, -0.15) is 13.2 Å². The molecule has 2 N–H and O–H groups in total. The highest BCUT2D eigenvalue weighted by atomic mass is 19.4. The van der Waals surface area contributed by atoms with Crippen LogP contribution in [0.25, 0.3) is 33.2 Å². The van der Waals surface area contributed by atoms with E-state index in [1.165, 1.54) is 6.07 Å². The van der Waals surface area contributed by atoms with E-state index >= 15 is 0 Å². The molecule has 0 amide bonds. The third kappa shape index (κ3) is 3.93. The molecular formula is C32H21F3N4O3. The number of fused-ring (bicyclic) bond motifs is 5. The van der Waals surface area contributed by atoms with Crippen LogP contribution in [0.3, 0.4) is 0 Å². The Labute approximate surface area is 236 Å². The number of halogens is 3. The van der Waals surface area contributed by atoms with Crippen molar-refractivity contribution in [2.75, 3.05) is 0 Å². The summed E-state index contributed by atoms with van der Waals surface area (Å²) in [5.41, 5.74) is 3.63. The standard InChI is InChI=1S/C32H21F3N4O3/c1-15-2-4-16(5-3-15)19-14-21-25(10-11-36-29(21)39-31(19)40)41-18-7-9-24-20(13-18)26-27(28(26)42-24)30-37-22-8-6-17(32(33,34)35)12-23(22)38-30/h2-14,26-28H,1H3,(H,37,38)(H,36,39,40)/t26-,27-,28-/m1/s1. The van der Waals surface area contributed by atoms with Crippen LogP contribution < -0.4 is 15.0 Å². The molecule has 0 saturated heterocycles. The van der Waals surface area contributed by atoms with Gasteiger partial charge in [0.1, 0.15) is 34.8 Å². The third-order valence-corrected chi connectivity index (χ3v) is 8.01. The van der Waals surface area contributed by atoms with Gasteiger partial charge in [0.25, 0.3) is 5.56 Å². The molecule has 1 saturated carbocycles. The zero-order chi connectivity index (χ0) is 28.7. The van der Waals surface area contributed by atoms with E-state index in [2.05, 4.69) is 19.9 Å². The summed E-state index contributed by atoms with van der Waals surface area (Å²) in [6.45, 7) is 1.99. The summed E-state index contributed by atoms with van der Waals surface area (Å²) in [6, 6.07) is 20.3. The molecule has 0 unspecified atom stereocenters. The molecule has 3 atom stereocenters. The number of pyridine rings is 2. The van der Waals surface area contributed by atoms with Crippen LogP contribution in [0.5, 0.6) is 17.2 Å². The van der Waals surface area contributed by atoms with E-state index in [0.717, 1.165) is 34.6 Å². The second-order valence-corrected chi connectivity index (χ2v) is 10.7. The second kappa shape index (κ2) is 8.69. The Bertz CT molecular complexity index is 2100. The highest BCUT2D eigenvalue weighted by Gasteiger charge is 2.61. The first kappa shape index (κ1) is 24.7. The van der Waals surface area contributed by atoms with Crippen LogP contribution in [-0.2, 0) is 6.18 Å². The normalized spacial score (nSPS) is 19.0. The van der Waals surface area contributed by atoms with Crippen molar-refractivity contribution in [1.29, 1.82) is 0 Å². The van der Waals surface area contributed by atoms with Crippen molar-refractivity contribution in [3.8, 4) is 28.4 Å². The lowest BCUT2D eigenvalue weighted by molar-refractivity contribution is -0.137. The van der Waals surface area contributed by atoms with Crippen molar-refractivity contribution in [2.45, 2.75) is 31.0 Å². The molecule has 7 nitrogen and oxygen atoms in total. The molecule has 1 fully saturated rings. The van der Waals surface area contributed by atoms with Crippen molar-refractivity contribution >= 4 is 22.1 Å². The van der Waals surface area contributed by atoms with E-state index in [4.69, 9.17) is 9.47 Å². The van der Waals surface area contributed by atoms with E-state index in [-0.39, 0.29) is 23.5 Å². The predicted molar refractivity (Wildman–Crippen MR) is 150 cm³/mol. The molecule has 2 aliphatic rings. The predicted octanol–water partition coefficient (Wildman–Crippen LogP) is 7.23. The quantitative estimate of drug-likeness (QED) is 0.235. The van der Waals surface area contributed by atoms with Gasteiger partial charge in [-0.05, 0) is 61.0 Å². The molecule has 6 aromatic rings. The summed E-state index contributed by atoms with van der Waals surface area (Å²) in [5, 5.41) is 0.659. The van der Waals surface area contributed by atoms with Gasteiger partial charge in [-0.15, -0.1) is 0 Å². The maximum Gasteiger partial charge on any atom is 0.416 e. The van der Waals surface area contributed by atoms with Crippen LogP contribution in [0.15, 0.2) is 83.8 Å². The summed E-state index contributed by atoms with van der Waals surface area (Å²) in [7, 11) is 0. The summed E-state index contributed by atoms with van der Waals surface area (Å²) in [5.74, 6) is 2.37. The molecule has 8 rings (SSSR count). The third-order valence-electron chi connectivity index (χ3n) is 8.01. The van der Waals surface area contributed by atoms with Crippen molar-refractivity contribution < 1.29 is 22.6 Å².